The van der Waals surface area contributed by atoms with Gasteiger partial charge in [0.1, 0.15) is 23.5 Å². The van der Waals surface area contributed by atoms with Gasteiger partial charge in [-0.05, 0) is 18.9 Å². The Bertz CT molecular complexity index is 497. The summed E-state index contributed by atoms with van der Waals surface area (Å²) in [5.74, 6) is 0.341. The van der Waals surface area contributed by atoms with E-state index in [1.54, 1.807) is 6.92 Å². The molecule has 0 aromatic carbocycles. The van der Waals surface area contributed by atoms with Crippen molar-refractivity contribution in [2.24, 2.45) is 0 Å². The van der Waals surface area contributed by atoms with E-state index in [1.165, 1.54) is 0 Å². The van der Waals surface area contributed by atoms with Crippen molar-refractivity contribution >= 4 is 5.82 Å². The maximum atomic E-state index is 9.14. The number of ether oxygens (including phenoxy) is 1. The predicted molar refractivity (Wildman–Crippen MR) is 63.2 cm³/mol. The lowest BCUT2D eigenvalue weighted by Gasteiger charge is -2.11. The van der Waals surface area contributed by atoms with Crippen molar-refractivity contribution in [1.82, 2.24) is 4.98 Å². The van der Waals surface area contributed by atoms with Gasteiger partial charge in [0.25, 0.3) is 0 Å². The van der Waals surface area contributed by atoms with E-state index in [0.717, 1.165) is 6.42 Å². The second kappa shape index (κ2) is 5.72. The summed E-state index contributed by atoms with van der Waals surface area (Å²) in [6, 6.07) is 4.04. The molecule has 2 N–H and O–H groups in total. The van der Waals surface area contributed by atoms with Crippen LogP contribution in [0.1, 0.15) is 37.0 Å². The molecule has 5 nitrogen and oxygen atoms in total. The van der Waals surface area contributed by atoms with Gasteiger partial charge in [-0.3, -0.25) is 0 Å². The lowest BCUT2D eigenvalue weighted by molar-refractivity contribution is 0.326. The SMILES string of the molecule is CCCc1c(C#N)c(N)nc(OCC)c1C#N. The Morgan fingerprint density at radius 1 is 1.24 bits per heavy atom. The van der Waals surface area contributed by atoms with Crippen LogP contribution in [-0.4, -0.2) is 11.6 Å². The van der Waals surface area contributed by atoms with E-state index in [2.05, 4.69) is 4.98 Å². The average molecular weight is 230 g/mol. The number of hydrogen-bond donors (Lipinski definition) is 1. The summed E-state index contributed by atoms with van der Waals surface area (Å²) < 4.78 is 5.27. The lowest BCUT2D eigenvalue weighted by Crippen LogP contribution is -2.07. The zero-order valence-corrected chi connectivity index (χ0v) is 9.95. The van der Waals surface area contributed by atoms with Gasteiger partial charge >= 0.3 is 0 Å². The van der Waals surface area contributed by atoms with Crippen molar-refractivity contribution in [2.75, 3.05) is 12.3 Å². The number of nitrogens with two attached hydrogens (primary N) is 1. The summed E-state index contributed by atoms with van der Waals surface area (Å²) in [5.41, 5.74) is 6.93. The molecule has 0 aliphatic carbocycles. The van der Waals surface area contributed by atoms with E-state index >= 15 is 0 Å². The van der Waals surface area contributed by atoms with E-state index in [4.69, 9.17) is 21.0 Å². The molecule has 1 aromatic rings. The second-order valence-electron chi connectivity index (χ2n) is 3.44. The standard InChI is InChI=1S/C12H14N4O/c1-3-5-8-9(6-13)11(15)16-12(17-4-2)10(8)7-14/h3-5H2,1-2H3,(H2,15,16). The Labute approximate surface area is 100 Å². The van der Waals surface area contributed by atoms with Gasteiger partial charge < -0.3 is 10.5 Å². The molecule has 0 spiro atoms. The van der Waals surface area contributed by atoms with Gasteiger partial charge in [0, 0.05) is 0 Å². The number of nitrogen functional groups attached to an aromatic ring is 1. The van der Waals surface area contributed by atoms with Gasteiger partial charge in [0.2, 0.25) is 5.88 Å². The molecule has 0 bridgehead atoms. The van der Waals surface area contributed by atoms with Gasteiger partial charge in [0.05, 0.1) is 12.2 Å². The Morgan fingerprint density at radius 3 is 2.35 bits per heavy atom. The van der Waals surface area contributed by atoms with E-state index in [1.807, 2.05) is 19.1 Å². The zero-order chi connectivity index (χ0) is 12.8. The molecule has 0 amide bonds. The number of nitriles is 2. The first-order valence-electron chi connectivity index (χ1n) is 5.44. The van der Waals surface area contributed by atoms with Crippen LogP contribution in [0.25, 0.3) is 0 Å². The molecule has 5 heteroatoms. The first-order chi connectivity index (χ1) is 8.19. The van der Waals surface area contributed by atoms with E-state index in [0.29, 0.717) is 24.2 Å². The molecule has 1 aromatic heterocycles. The first kappa shape index (κ1) is 12.8. The molecule has 88 valence electrons. The van der Waals surface area contributed by atoms with Gasteiger partial charge in [-0.25, -0.2) is 0 Å². The van der Waals surface area contributed by atoms with E-state index < -0.39 is 0 Å². The summed E-state index contributed by atoms with van der Waals surface area (Å²) >= 11 is 0. The third kappa shape index (κ3) is 2.46. The number of aromatic nitrogens is 1. The molecule has 1 rings (SSSR count). The average Bonchev–Trinajstić information content (AvgIpc) is 2.30. The van der Waals surface area contributed by atoms with Crippen molar-refractivity contribution in [3.05, 3.63) is 16.7 Å². The minimum atomic E-state index is 0.124. The zero-order valence-electron chi connectivity index (χ0n) is 9.95. The maximum Gasteiger partial charge on any atom is 0.234 e. The van der Waals surface area contributed by atoms with Crippen LogP contribution in [0.15, 0.2) is 0 Å². The fourth-order valence-corrected chi connectivity index (χ4v) is 1.61. The number of rotatable bonds is 4. The highest BCUT2D eigenvalue weighted by molar-refractivity contribution is 5.62. The smallest absolute Gasteiger partial charge is 0.234 e. The van der Waals surface area contributed by atoms with Crippen molar-refractivity contribution in [2.45, 2.75) is 26.7 Å². The van der Waals surface area contributed by atoms with Crippen molar-refractivity contribution in [3.8, 4) is 18.0 Å². The Balaban J connectivity index is 3.50. The van der Waals surface area contributed by atoms with Crippen LogP contribution in [0.3, 0.4) is 0 Å². The highest BCUT2D eigenvalue weighted by Crippen LogP contribution is 2.27. The summed E-state index contributed by atoms with van der Waals surface area (Å²) in [7, 11) is 0. The third-order valence-corrected chi connectivity index (χ3v) is 2.30. The number of anilines is 1. The van der Waals surface area contributed by atoms with Gasteiger partial charge in [-0.1, -0.05) is 13.3 Å². The summed E-state index contributed by atoms with van der Waals surface area (Å²) in [4.78, 5) is 3.96. The summed E-state index contributed by atoms with van der Waals surface area (Å²) in [5, 5.41) is 18.2. The molecule has 0 saturated carbocycles. The molecule has 0 radical (unpaired) electrons. The molecule has 0 fully saturated rings. The highest BCUT2D eigenvalue weighted by Gasteiger charge is 2.18. The molecule has 0 atom stereocenters. The largest absolute Gasteiger partial charge is 0.477 e. The second-order valence-corrected chi connectivity index (χ2v) is 3.44. The van der Waals surface area contributed by atoms with Crippen LogP contribution in [-0.2, 0) is 6.42 Å². The summed E-state index contributed by atoms with van der Waals surface area (Å²) in [6.07, 6.45) is 1.43. The lowest BCUT2D eigenvalue weighted by atomic mass is 10.00. The minimum absolute atomic E-state index is 0.124. The fraction of sp³-hybridized carbons (Fsp3) is 0.417. The van der Waals surface area contributed by atoms with Gasteiger partial charge in [-0.2, -0.15) is 15.5 Å². The Hall–Kier alpha value is -2.27. The normalized spacial score (nSPS) is 9.41. The molecule has 0 aliphatic heterocycles. The van der Waals surface area contributed by atoms with Crippen LogP contribution in [0.4, 0.5) is 5.82 Å². The molecule has 1 heterocycles. The summed E-state index contributed by atoms with van der Waals surface area (Å²) in [6.45, 7) is 4.18. The monoisotopic (exact) mass is 230 g/mol. The fourth-order valence-electron chi connectivity index (χ4n) is 1.61. The van der Waals surface area contributed by atoms with Gasteiger partial charge in [-0.15, -0.1) is 0 Å². The molecule has 17 heavy (non-hydrogen) atoms. The highest BCUT2D eigenvalue weighted by atomic mass is 16.5. The number of hydrogen-bond acceptors (Lipinski definition) is 5. The first-order valence-corrected chi connectivity index (χ1v) is 5.44. The molecule has 0 aliphatic rings. The third-order valence-electron chi connectivity index (χ3n) is 2.30. The molecule has 0 unspecified atom stereocenters. The van der Waals surface area contributed by atoms with Gasteiger partial charge in [0.15, 0.2) is 0 Å². The molecular formula is C12H14N4O. The predicted octanol–water partition coefficient (Wildman–Crippen LogP) is 1.76. The maximum absolute atomic E-state index is 9.14. The van der Waals surface area contributed by atoms with Crippen LogP contribution in [0.5, 0.6) is 5.88 Å². The minimum Gasteiger partial charge on any atom is -0.477 e. The van der Waals surface area contributed by atoms with E-state index in [-0.39, 0.29) is 17.3 Å². The van der Waals surface area contributed by atoms with Crippen LogP contribution in [0, 0.1) is 22.7 Å². The van der Waals surface area contributed by atoms with E-state index in [9.17, 15) is 0 Å². The van der Waals surface area contributed by atoms with Crippen molar-refractivity contribution in [1.29, 1.82) is 10.5 Å². The van der Waals surface area contributed by atoms with Crippen molar-refractivity contribution < 1.29 is 4.74 Å². The van der Waals surface area contributed by atoms with Crippen LogP contribution < -0.4 is 10.5 Å². The Morgan fingerprint density at radius 2 is 1.88 bits per heavy atom. The number of pyridine rings is 1. The topological polar surface area (TPSA) is 95.7 Å². The van der Waals surface area contributed by atoms with Crippen LogP contribution in [0.2, 0.25) is 0 Å². The van der Waals surface area contributed by atoms with Crippen molar-refractivity contribution in [3.63, 3.8) is 0 Å². The Kier molecular flexibility index (Phi) is 4.30. The molecule has 0 saturated heterocycles. The quantitative estimate of drug-likeness (QED) is 0.850. The van der Waals surface area contributed by atoms with Crippen LogP contribution >= 0.6 is 0 Å². The molecular weight excluding hydrogens is 216 g/mol. The number of nitrogens with zero attached hydrogens (tertiary/aromatic N) is 3.